The average molecular weight is 626 g/mol. The molecule has 2 aromatic carbocycles. The van der Waals surface area contributed by atoms with E-state index in [0.29, 0.717) is 23.7 Å². The van der Waals surface area contributed by atoms with E-state index >= 15 is 0 Å². The molecule has 216 valence electrons. The van der Waals surface area contributed by atoms with E-state index in [1.54, 1.807) is 38.1 Å². The number of benzene rings is 2. The van der Waals surface area contributed by atoms with Crippen molar-refractivity contribution in [1.29, 1.82) is 0 Å². The third-order valence-corrected chi connectivity index (χ3v) is 11.5. The Morgan fingerprint density at radius 3 is 2.48 bits per heavy atom. The molecule has 0 bridgehead atoms. The largest absolute Gasteiger partial charge is 0.495 e. The first-order chi connectivity index (χ1) is 19.0. The lowest BCUT2D eigenvalue weighted by Crippen LogP contribution is -2.36. The minimum absolute atomic E-state index is 0.0247. The molecule has 0 radical (unpaired) electrons. The van der Waals surface area contributed by atoms with Crippen LogP contribution in [0.25, 0.3) is 0 Å². The smallest absolute Gasteiger partial charge is 0.229 e. The van der Waals surface area contributed by atoms with Gasteiger partial charge in [-0.15, -0.1) is 0 Å². The Morgan fingerprint density at radius 2 is 1.77 bits per heavy atom. The topological polar surface area (TPSA) is 131 Å². The van der Waals surface area contributed by atoms with Crippen molar-refractivity contribution in [3.63, 3.8) is 0 Å². The van der Waals surface area contributed by atoms with Gasteiger partial charge in [0.1, 0.15) is 10.8 Å². The maximum atomic E-state index is 13.0. The zero-order valence-corrected chi connectivity index (χ0v) is 25.6. The number of nitrogens with zero attached hydrogens (tertiary/aromatic N) is 3. The summed E-state index contributed by atoms with van der Waals surface area (Å²) < 4.78 is 57.2. The first kappa shape index (κ1) is 30.4. The second kappa shape index (κ2) is 12.9. The van der Waals surface area contributed by atoms with Crippen LogP contribution in [0.2, 0.25) is 5.02 Å². The van der Waals surface area contributed by atoms with Crippen molar-refractivity contribution in [2.45, 2.75) is 28.9 Å². The fourth-order valence-corrected chi connectivity index (χ4v) is 7.61. The van der Waals surface area contributed by atoms with E-state index in [1.807, 2.05) is 11.8 Å². The van der Waals surface area contributed by atoms with Crippen molar-refractivity contribution in [2.24, 2.45) is 0 Å². The van der Waals surface area contributed by atoms with Crippen LogP contribution in [-0.4, -0.2) is 81.0 Å². The summed E-state index contributed by atoms with van der Waals surface area (Å²) in [5.41, 5.74) is 0.781. The van der Waals surface area contributed by atoms with Gasteiger partial charge in [0, 0.05) is 37.2 Å². The number of ether oxygens (including phenoxy) is 1. The molecular formula is C26H32ClN5O5S3. The van der Waals surface area contributed by atoms with Gasteiger partial charge in [-0.3, -0.25) is 0 Å². The van der Waals surface area contributed by atoms with Gasteiger partial charge in [0.15, 0.2) is 25.5 Å². The zero-order valence-electron chi connectivity index (χ0n) is 22.4. The van der Waals surface area contributed by atoms with E-state index in [2.05, 4.69) is 25.5 Å². The van der Waals surface area contributed by atoms with E-state index in [1.165, 1.54) is 31.5 Å². The van der Waals surface area contributed by atoms with Crippen LogP contribution in [0.3, 0.4) is 0 Å². The summed E-state index contributed by atoms with van der Waals surface area (Å²) in [6.07, 6.45) is 1.38. The summed E-state index contributed by atoms with van der Waals surface area (Å²) in [5.74, 6) is 2.70. The third-order valence-electron chi connectivity index (χ3n) is 6.37. The quantitative estimate of drug-likeness (QED) is 0.309. The van der Waals surface area contributed by atoms with Crippen molar-refractivity contribution < 1.29 is 21.6 Å². The lowest BCUT2D eigenvalue weighted by Gasteiger charge is -2.25. The Bertz CT molecular complexity index is 1560. The number of halogens is 1. The summed E-state index contributed by atoms with van der Waals surface area (Å²) in [6, 6.07) is 11.1. The molecule has 14 heteroatoms. The summed E-state index contributed by atoms with van der Waals surface area (Å²) in [5, 5.41) is 5.61. The number of anilines is 4. The predicted octanol–water partition coefficient (Wildman–Crippen LogP) is 4.63. The minimum Gasteiger partial charge on any atom is -0.495 e. The summed E-state index contributed by atoms with van der Waals surface area (Å²) in [7, 11) is -5.64. The van der Waals surface area contributed by atoms with E-state index in [9.17, 15) is 16.8 Å². The Morgan fingerprint density at radius 1 is 1.05 bits per heavy atom. The summed E-state index contributed by atoms with van der Waals surface area (Å²) in [6.45, 7) is 5.50. The molecule has 0 spiro atoms. The lowest BCUT2D eigenvalue weighted by molar-refractivity contribution is 0.320. The molecule has 0 atom stereocenters. The van der Waals surface area contributed by atoms with E-state index < -0.39 is 24.9 Å². The van der Waals surface area contributed by atoms with Gasteiger partial charge < -0.3 is 20.3 Å². The number of para-hydroxylation sites is 1. The third kappa shape index (κ3) is 7.19. The number of nitrogens with one attached hydrogen (secondary N) is 2. The molecule has 0 aliphatic carbocycles. The molecule has 1 saturated heterocycles. The Hall–Kier alpha value is -2.58. The lowest BCUT2D eigenvalue weighted by atomic mass is 10.3. The first-order valence-electron chi connectivity index (χ1n) is 12.6. The fourth-order valence-electron chi connectivity index (χ4n) is 4.00. The van der Waals surface area contributed by atoms with Crippen molar-refractivity contribution in [3.05, 3.63) is 53.7 Å². The molecule has 0 amide bonds. The second-order valence-corrected chi connectivity index (χ2v) is 15.6. The zero-order chi connectivity index (χ0) is 28.9. The number of thioether (sulfide) groups is 1. The molecule has 1 aliphatic heterocycles. The average Bonchev–Trinajstić information content (AvgIpc) is 2.94. The molecule has 1 aliphatic rings. The van der Waals surface area contributed by atoms with Crippen LogP contribution in [0.4, 0.5) is 23.1 Å². The number of methoxy groups -OCH3 is 1. The van der Waals surface area contributed by atoms with Crippen LogP contribution in [-0.2, 0) is 19.7 Å². The SMILES string of the molecule is COc1cc(S(=O)(=O)CCN2CCSCC2)ccc1Nc1ncc(Cl)c(Nc2ccccc2S(=O)(=O)C(C)C)n1. The number of aromatic nitrogens is 2. The molecule has 4 rings (SSSR count). The normalized spacial score (nSPS) is 14.7. The van der Waals surface area contributed by atoms with Gasteiger partial charge in [0.2, 0.25) is 5.95 Å². The van der Waals surface area contributed by atoms with Crippen molar-refractivity contribution in [2.75, 3.05) is 54.6 Å². The highest BCUT2D eigenvalue weighted by Crippen LogP contribution is 2.33. The van der Waals surface area contributed by atoms with Crippen molar-refractivity contribution in [1.82, 2.24) is 14.9 Å². The molecule has 0 saturated carbocycles. The van der Waals surface area contributed by atoms with Gasteiger partial charge in [-0.1, -0.05) is 23.7 Å². The molecule has 0 unspecified atom stereocenters. The Balaban J connectivity index is 1.54. The van der Waals surface area contributed by atoms with Gasteiger partial charge in [-0.05, 0) is 38.1 Å². The second-order valence-electron chi connectivity index (χ2n) is 9.37. The standard InChI is InChI=1S/C26H32ClN5O5S3/c1-18(2)40(35,36)24-7-5-4-6-22(24)29-25-20(27)17-28-26(31-25)30-21-9-8-19(16-23(21)37-3)39(33,34)15-12-32-10-13-38-14-11-32/h4-9,16-18H,10-15H2,1-3H3,(H2,28,29,30,31). The Labute approximate surface area is 244 Å². The number of hydrogen-bond donors (Lipinski definition) is 2. The first-order valence-corrected chi connectivity index (χ1v) is 17.3. The van der Waals surface area contributed by atoms with Gasteiger partial charge >= 0.3 is 0 Å². The summed E-state index contributed by atoms with van der Waals surface area (Å²) in [4.78, 5) is 11.1. The van der Waals surface area contributed by atoms with Gasteiger partial charge in [-0.2, -0.15) is 16.7 Å². The van der Waals surface area contributed by atoms with Crippen molar-refractivity contribution >= 4 is 66.2 Å². The number of rotatable bonds is 11. The molecule has 10 nitrogen and oxygen atoms in total. The molecular weight excluding hydrogens is 594 g/mol. The van der Waals surface area contributed by atoms with Gasteiger partial charge in [-0.25, -0.2) is 21.8 Å². The summed E-state index contributed by atoms with van der Waals surface area (Å²) >= 11 is 8.21. The highest BCUT2D eigenvalue weighted by molar-refractivity contribution is 7.99. The molecule has 2 heterocycles. The number of hydrogen-bond acceptors (Lipinski definition) is 11. The van der Waals surface area contributed by atoms with Gasteiger partial charge in [0.05, 0.1) is 45.5 Å². The fraction of sp³-hybridized carbons (Fsp3) is 0.385. The van der Waals surface area contributed by atoms with Crippen LogP contribution >= 0.6 is 23.4 Å². The molecule has 1 fully saturated rings. The van der Waals surface area contributed by atoms with Gasteiger partial charge in [0.25, 0.3) is 0 Å². The molecule has 1 aromatic heterocycles. The van der Waals surface area contributed by atoms with Crippen LogP contribution in [0.5, 0.6) is 5.75 Å². The predicted molar refractivity (Wildman–Crippen MR) is 161 cm³/mol. The van der Waals surface area contributed by atoms with Crippen LogP contribution in [0.15, 0.2) is 58.5 Å². The van der Waals surface area contributed by atoms with E-state index in [-0.39, 0.29) is 32.3 Å². The van der Waals surface area contributed by atoms with E-state index in [0.717, 1.165) is 24.6 Å². The maximum absolute atomic E-state index is 13.0. The minimum atomic E-state index is -3.57. The molecule has 40 heavy (non-hydrogen) atoms. The number of sulfone groups is 2. The van der Waals surface area contributed by atoms with Crippen LogP contribution in [0.1, 0.15) is 13.8 Å². The van der Waals surface area contributed by atoms with Crippen LogP contribution in [0, 0.1) is 0 Å². The molecule has 3 aromatic rings. The van der Waals surface area contributed by atoms with E-state index in [4.69, 9.17) is 16.3 Å². The highest BCUT2D eigenvalue weighted by atomic mass is 35.5. The molecule has 2 N–H and O–H groups in total. The van der Waals surface area contributed by atoms with Crippen molar-refractivity contribution in [3.8, 4) is 5.75 Å². The maximum Gasteiger partial charge on any atom is 0.229 e. The van der Waals surface area contributed by atoms with Crippen LogP contribution < -0.4 is 15.4 Å². The Kier molecular flexibility index (Phi) is 9.83. The highest BCUT2D eigenvalue weighted by Gasteiger charge is 2.24. The monoisotopic (exact) mass is 625 g/mol.